The van der Waals surface area contributed by atoms with Crippen LogP contribution in [0.4, 0.5) is 0 Å². The van der Waals surface area contributed by atoms with E-state index in [0.29, 0.717) is 17.9 Å². The van der Waals surface area contributed by atoms with Crippen molar-refractivity contribution in [3.63, 3.8) is 0 Å². The molecule has 0 saturated carbocycles. The molecule has 26 heavy (non-hydrogen) atoms. The van der Waals surface area contributed by atoms with Crippen LogP contribution in [0.2, 0.25) is 0 Å². The van der Waals surface area contributed by atoms with E-state index in [1.165, 1.54) is 0 Å². The Morgan fingerprint density at radius 1 is 1.04 bits per heavy atom. The van der Waals surface area contributed by atoms with Crippen molar-refractivity contribution in [3.05, 3.63) is 64.1 Å². The number of halogens is 1. The second-order valence-electron chi connectivity index (χ2n) is 6.15. The van der Waals surface area contributed by atoms with Gasteiger partial charge in [0.15, 0.2) is 0 Å². The van der Waals surface area contributed by atoms with Gasteiger partial charge in [-0.25, -0.2) is 0 Å². The Balaban J connectivity index is 1.61. The van der Waals surface area contributed by atoms with Crippen molar-refractivity contribution in [1.82, 2.24) is 10.2 Å². The highest BCUT2D eigenvalue weighted by atomic mass is 79.9. The fraction of sp³-hybridized carbons (Fsp3) is 0.300. The monoisotopic (exact) mass is 416 g/mol. The molecule has 2 aromatic rings. The van der Waals surface area contributed by atoms with Crippen LogP contribution in [0.15, 0.2) is 53.0 Å². The van der Waals surface area contributed by atoms with E-state index < -0.39 is 0 Å². The second-order valence-corrected chi connectivity index (χ2v) is 7.00. The van der Waals surface area contributed by atoms with Crippen LogP contribution >= 0.6 is 15.9 Å². The van der Waals surface area contributed by atoms with E-state index in [4.69, 9.17) is 4.74 Å². The highest BCUT2D eigenvalue weighted by Gasteiger charge is 2.19. The number of ether oxygens (including phenoxy) is 1. The number of hydrogen-bond donors (Lipinski definition) is 1. The molecular formula is C20H21BrN2O3. The number of likely N-dealkylation sites (tertiary alicyclic amines) is 1. The summed E-state index contributed by atoms with van der Waals surface area (Å²) in [5.74, 6) is 0.150. The lowest BCUT2D eigenvalue weighted by atomic mass is 10.2. The second kappa shape index (κ2) is 8.85. The fourth-order valence-electron chi connectivity index (χ4n) is 2.88. The molecule has 1 N–H and O–H groups in total. The Hall–Kier alpha value is -2.34. The predicted octanol–water partition coefficient (Wildman–Crippen LogP) is 3.38. The third kappa shape index (κ3) is 4.64. The molecular weight excluding hydrogens is 396 g/mol. The Labute approximate surface area is 161 Å². The van der Waals surface area contributed by atoms with E-state index in [2.05, 4.69) is 21.2 Å². The molecule has 2 amide bonds. The number of rotatable bonds is 6. The number of hydrogen-bond acceptors (Lipinski definition) is 3. The lowest BCUT2D eigenvalue weighted by Crippen LogP contribution is -2.38. The van der Waals surface area contributed by atoms with Gasteiger partial charge in [0.1, 0.15) is 12.4 Å². The average molecular weight is 417 g/mol. The van der Waals surface area contributed by atoms with Gasteiger partial charge >= 0.3 is 0 Å². The number of para-hydroxylation sites is 1. The van der Waals surface area contributed by atoms with Crippen molar-refractivity contribution >= 4 is 27.7 Å². The first kappa shape index (κ1) is 18.5. The summed E-state index contributed by atoms with van der Waals surface area (Å²) in [6.45, 7) is 1.91. The van der Waals surface area contributed by atoms with Crippen molar-refractivity contribution < 1.29 is 14.3 Å². The summed E-state index contributed by atoms with van der Waals surface area (Å²) in [6, 6.07) is 14.8. The van der Waals surface area contributed by atoms with Crippen LogP contribution in [0.5, 0.6) is 5.75 Å². The largest absolute Gasteiger partial charge is 0.488 e. The number of carbonyl (C=O) groups is 2. The molecule has 0 radical (unpaired) electrons. The van der Waals surface area contributed by atoms with Gasteiger partial charge in [-0.1, -0.05) is 46.3 Å². The summed E-state index contributed by atoms with van der Waals surface area (Å²) < 4.78 is 6.80. The molecule has 0 bridgehead atoms. The molecule has 6 heteroatoms. The molecule has 1 heterocycles. The van der Waals surface area contributed by atoms with Gasteiger partial charge in [0.25, 0.3) is 5.91 Å². The van der Waals surface area contributed by atoms with Gasteiger partial charge in [0, 0.05) is 23.1 Å². The van der Waals surface area contributed by atoms with Crippen LogP contribution in [-0.4, -0.2) is 36.3 Å². The summed E-state index contributed by atoms with van der Waals surface area (Å²) in [7, 11) is 0. The van der Waals surface area contributed by atoms with Crippen molar-refractivity contribution in [1.29, 1.82) is 0 Å². The van der Waals surface area contributed by atoms with E-state index in [9.17, 15) is 9.59 Å². The van der Waals surface area contributed by atoms with Crippen molar-refractivity contribution in [2.75, 3.05) is 19.6 Å². The minimum atomic E-state index is -0.305. The van der Waals surface area contributed by atoms with Crippen molar-refractivity contribution in [2.24, 2.45) is 0 Å². The zero-order valence-electron chi connectivity index (χ0n) is 14.4. The van der Waals surface area contributed by atoms with E-state index in [1.807, 2.05) is 30.3 Å². The van der Waals surface area contributed by atoms with Crippen LogP contribution in [0, 0.1) is 0 Å². The van der Waals surface area contributed by atoms with Gasteiger partial charge < -0.3 is 15.0 Å². The molecule has 0 unspecified atom stereocenters. The van der Waals surface area contributed by atoms with E-state index >= 15 is 0 Å². The van der Waals surface area contributed by atoms with Gasteiger partial charge in [-0.3, -0.25) is 9.59 Å². The van der Waals surface area contributed by atoms with E-state index in [0.717, 1.165) is 36.0 Å². The third-order valence-corrected chi connectivity index (χ3v) is 5.11. The summed E-state index contributed by atoms with van der Waals surface area (Å²) in [5, 5.41) is 2.71. The number of nitrogens with zero attached hydrogens (tertiary/aromatic N) is 1. The lowest BCUT2D eigenvalue weighted by Gasteiger charge is -2.16. The molecule has 5 nitrogen and oxygen atoms in total. The lowest BCUT2D eigenvalue weighted by molar-refractivity contribution is -0.129. The number of amides is 2. The van der Waals surface area contributed by atoms with E-state index in [-0.39, 0.29) is 18.4 Å². The summed E-state index contributed by atoms with van der Waals surface area (Å²) in [5.41, 5.74) is 1.42. The maximum Gasteiger partial charge on any atom is 0.255 e. The zero-order valence-corrected chi connectivity index (χ0v) is 16.0. The van der Waals surface area contributed by atoms with Gasteiger partial charge in [-0.15, -0.1) is 0 Å². The highest BCUT2D eigenvalue weighted by Crippen LogP contribution is 2.22. The van der Waals surface area contributed by atoms with Gasteiger partial charge in [-0.05, 0) is 31.0 Å². The molecule has 0 atom stereocenters. The quantitative estimate of drug-likeness (QED) is 0.784. The number of nitrogens with one attached hydrogen (secondary N) is 1. The van der Waals surface area contributed by atoms with Crippen LogP contribution < -0.4 is 10.1 Å². The van der Waals surface area contributed by atoms with Crippen LogP contribution in [0.1, 0.15) is 28.8 Å². The molecule has 2 aromatic carbocycles. The first-order valence-electron chi connectivity index (χ1n) is 8.66. The molecule has 0 spiro atoms. The smallest absolute Gasteiger partial charge is 0.255 e. The summed E-state index contributed by atoms with van der Waals surface area (Å²) in [4.78, 5) is 26.4. The average Bonchev–Trinajstić information content (AvgIpc) is 3.20. The third-order valence-electron chi connectivity index (χ3n) is 4.33. The van der Waals surface area contributed by atoms with E-state index in [1.54, 1.807) is 23.1 Å². The van der Waals surface area contributed by atoms with Gasteiger partial charge in [-0.2, -0.15) is 0 Å². The molecule has 1 aliphatic heterocycles. The summed E-state index contributed by atoms with van der Waals surface area (Å²) in [6.07, 6.45) is 2.07. The Bertz CT molecular complexity index is 788. The van der Waals surface area contributed by atoms with Crippen LogP contribution in [0.3, 0.4) is 0 Å². The summed E-state index contributed by atoms with van der Waals surface area (Å²) >= 11 is 3.49. The molecule has 0 aromatic heterocycles. The highest BCUT2D eigenvalue weighted by molar-refractivity contribution is 9.10. The van der Waals surface area contributed by atoms with Crippen LogP contribution in [-0.2, 0) is 11.4 Å². The Morgan fingerprint density at radius 2 is 1.73 bits per heavy atom. The molecule has 1 saturated heterocycles. The first-order chi connectivity index (χ1) is 12.6. The van der Waals surface area contributed by atoms with Crippen LogP contribution in [0.25, 0.3) is 0 Å². The SMILES string of the molecule is O=C(NCC(=O)N1CCCC1)c1ccccc1OCc1ccccc1Br. The van der Waals surface area contributed by atoms with Gasteiger partial charge in [0.2, 0.25) is 5.91 Å². The standard InChI is InChI=1S/C20H21BrN2O3/c21-17-9-3-1-7-15(17)14-26-18-10-4-2-8-16(18)20(25)22-13-19(24)23-11-5-6-12-23/h1-4,7-10H,5-6,11-14H2,(H,22,25). The maximum atomic E-state index is 12.5. The Kier molecular flexibility index (Phi) is 6.28. The molecule has 3 rings (SSSR count). The number of carbonyl (C=O) groups excluding carboxylic acids is 2. The maximum absolute atomic E-state index is 12.5. The normalized spacial score (nSPS) is 13.5. The molecule has 1 fully saturated rings. The minimum Gasteiger partial charge on any atom is -0.488 e. The van der Waals surface area contributed by atoms with Gasteiger partial charge in [0.05, 0.1) is 12.1 Å². The molecule has 136 valence electrons. The first-order valence-corrected chi connectivity index (χ1v) is 9.45. The molecule has 1 aliphatic rings. The molecule has 0 aliphatic carbocycles. The predicted molar refractivity (Wildman–Crippen MR) is 103 cm³/mol. The minimum absolute atomic E-state index is 0.0113. The van der Waals surface area contributed by atoms with Crippen molar-refractivity contribution in [2.45, 2.75) is 19.4 Å². The number of benzene rings is 2. The Morgan fingerprint density at radius 3 is 2.50 bits per heavy atom. The topological polar surface area (TPSA) is 58.6 Å². The van der Waals surface area contributed by atoms with Crippen molar-refractivity contribution in [3.8, 4) is 5.75 Å². The fourth-order valence-corrected chi connectivity index (χ4v) is 3.28. The zero-order chi connectivity index (χ0) is 18.4.